The Morgan fingerprint density at radius 3 is 2.62 bits per heavy atom. The van der Waals surface area contributed by atoms with E-state index in [1.54, 1.807) is 12.0 Å². The largest absolute Gasteiger partial charge is 0.383 e. The quantitative estimate of drug-likeness (QED) is 0.813. The monoisotopic (exact) mass is 364 g/mol. The number of hydrogen-bond donors (Lipinski definition) is 1. The Kier molecular flexibility index (Phi) is 5.88. The maximum absolute atomic E-state index is 13.2. The lowest BCUT2D eigenvalue weighted by Gasteiger charge is -2.41. The van der Waals surface area contributed by atoms with Crippen molar-refractivity contribution in [1.29, 1.82) is 0 Å². The predicted molar refractivity (Wildman–Crippen MR) is 93.0 cm³/mol. The Bertz CT molecular complexity index is 643. The Balaban J connectivity index is 1.85. The first-order chi connectivity index (χ1) is 12.6. The van der Waals surface area contributed by atoms with E-state index < -0.39 is 17.6 Å². The number of benzene rings is 1. The van der Waals surface area contributed by atoms with Crippen molar-refractivity contribution in [3.63, 3.8) is 0 Å². The van der Waals surface area contributed by atoms with Crippen LogP contribution in [0, 0.1) is 5.82 Å². The maximum atomic E-state index is 13.2. The van der Waals surface area contributed by atoms with Crippen molar-refractivity contribution in [3.8, 4) is 0 Å². The second kappa shape index (κ2) is 8.14. The summed E-state index contributed by atoms with van der Waals surface area (Å²) in [6.07, 6.45) is 4.41. The maximum Gasteiger partial charge on any atom is 0.256 e. The lowest BCUT2D eigenvalue weighted by Crippen LogP contribution is -2.56. The van der Waals surface area contributed by atoms with Crippen LogP contribution in [0.2, 0.25) is 0 Å². The molecule has 1 heterocycles. The molecular formula is C19H25FN2O4. The first kappa shape index (κ1) is 18.8. The van der Waals surface area contributed by atoms with Crippen LogP contribution in [0.15, 0.2) is 24.3 Å². The van der Waals surface area contributed by atoms with Gasteiger partial charge in [0, 0.05) is 19.2 Å². The van der Waals surface area contributed by atoms with Gasteiger partial charge in [-0.1, -0.05) is 6.42 Å². The Labute approximate surface area is 152 Å². The zero-order chi connectivity index (χ0) is 18.6. The molecule has 1 aromatic carbocycles. The van der Waals surface area contributed by atoms with Crippen LogP contribution in [0.5, 0.6) is 0 Å². The van der Waals surface area contributed by atoms with Gasteiger partial charge in [-0.25, -0.2) is 4.39 Å². The number of nitrogens with one attached hydrogen (secondary N) is 1. The minimum atomic E-state index is -0.743. The summed E-state index contributed by atoms with van der Waals surface area (Å²) in [7, 11) is 1.56. The predicted octanol–water partition coefficient (Wildman–Crippen LogP) is 2.09. The lowest BCUT2D eigenvalue weighted by molar-refractivity contribution is -0.127. The topological polar surface area (TPSA) is 67.9 Å². The summed E-state index contributed by atoms with van der Waals surface area (Å²) in [6.45, 7) is 0.944. The zero-order valence-electron chi connectivity index (χ0n) is 15.0. The summed E-state index contributed by atoms with van der Waals surface area (Å²) in [4.78, 5) is 27.4. The van der Waals surface area contributed by atoms with E-state index in [-0.39, 0.29) is 18.4 Å². The number of halogens is 1. The minimum absolute atomic E-state index is 0.172. The Hall–Kier alpha value is -1.99. The molecule has 1 saturated heterocycles. The van der Waals surface area contributed by atoms with E-state index in [2.05, 4.69) is 5.32 Å². The smallest absolute Gasteiger partial charge is 0.256 e. The average molecular weight is 364 g/mol. The molecule has 2 aliphatic rings. The van der Waals surface area contributed by atoms with Crippen LogP contribution in [0.4, 0.5) is 4.39 Å². The van der Waals surface area contributed by atoms with Crippen LogP contribution >= 0.6 is 0 Å². The van der Waals surface area contributed by atoms with Gasteiger partial charge >= 0.3 is 0 Å². The van der Waals surface area contributed by atoms with E-state index in [1.807, 2.05) is 0 Å². The molecule has 2 fully saturated rings. The van der Waals surface area contributed by atoms with Gasteiger partial charge in [-0.15, -0.1) is 0 Å². The summed E-state index contributed by atoms with van der Waals surface area (Å²) >= 11 is 0. The molecular weight excluding hydrogens is 339 g/mol. The zero-order valence-corrected chi connectivity index (χ0v) is 15.0. The highest BCUT2D eigenvalue weighted by atomic mass is 19.1. The molecule has 6 nitrogen and oxygen atoms in total. The molecule has 0 aromatic heterocycles. The number of nitrogens with zero attached hydrogens (tertiary/aromatic N) is 1. The van der Waals surface area contributed by atoms with Crippen LogP contribution in [-0.2, 0) is 14.3 Å². The van der Waals surface area contributed by atoms with Crippen molar-refractivity contribution >= 4 is 11.8 Å². The van der Waals surface area contributed by atoms with Gasteiger partial charge in [0.25, 0.3) is 5.91 Å². The number of rotatable bonds is 5. The Morgan fingerprint density at radius 1 is 1.27 bits per heavy atom. The van der Waals surface area contributed by atoms with Crippen LogP contribution in [0.25, 0.3) is 0 Å². The van der Waals surface area contributed by atoms with Crippen molar-refractivity contribution in [2.75, 3.05) is 26.9 Å². The van der Waals surface area contributed by atoms with Gasteiger partial charge in [0.2, 0.25) is 5.91 Å². The first-order valence-corrected chi connectivity index (χ1v) is 9.07. The fourth-order valence-electron chi connectivity index (χ4n) is 3.80. The highest BCUT2D eigenvalue weighted by Gasteiger charge is 2.52. The summed E-state index contributed by atoms with van der Waals surface area (Å²) in [5.74, 6) is -0.947. The van der Waals surface area contributed by atoms with Crippen LogP contribution < -0.4 is 5.32 Å². The van der Waals surface area contributed by atoms with Crippen molar-refractivity contribution in [1.82, 2.24) is 10.2 Å². The van der Waals surface area contributed by atoms with E-state index in [0.717, 1.165) is 19.3 Å². The highest BCUT2D eigenvalue weighted by molar-refractivity contribution is 5.98. The fourth-order valence-corrected chi connectivity index (χ4v) is 3.80. The normalized spacial score (nSPS) is 21.8. The van der Waals surface area contributed by atoms with Crippen molar-refractivity contribution < 1.29 is 23.5 Å². The molecule has 142 valence electrons. The molecule has 26 heavy (non-hydrogen) atoms. The van der Waals surface area contributed by atoms with Gasteiger partial charge in [0.1, 0.15) is 17.6 Å². The SMILES string of the molecule is COCCNC(=O)C1COC2(CCCCC2)N1C(=O)c1ccc(F)cc1. The number of carbonyl (C=O) groups is 2. The third kappa shape index (κ3) is 3.73. The van der Waals surface area contributed by atoms with Gasteiger partial charge in [-0.3, -0.25) is 14.5 Å². The molecule has 1 saturated carbocycles. The number of amides is 2. The molecule has 0 radical (unpaired) electrons. The third-order valence-electron chi connectivity index (χ3n) is 5.11. The number of methoxy groups -OCH3 is 1. The second-order valence-corrected chi connectivity index (χ2v) is 6.80. The van der Waals surface area contributed by atoms with E-state index in [4.69, 9.17) is 9.47 Å². The van der Waals surface area contributed by atoms with Gasteiger partial charge < -0.3 is 14.8 Å². The molecule has 1 atom stereocenters. The summed E-state index contributed by atoms with van der Waals surface area (Å²) in [5.41, 5.74) is -0.385. The Morgan fingerprint density at radius 2 is 1.96 bits per heavy atom. The fraction of sp³-hybridized carbons (Fsp3) is 0.579. The van der Waals surface area contributed by atoms with Gasteiger partial charge in [0.15, 0.2) is 0 Å². The number of hydrogen-bond acceptors (Lipinski definition) is 4. The van der Waals surface area contributed by atoms with Crippen molar-refractivity contribution in [2.24, 2.45) is 0 Å². The van der Waals surface area contributed by atoms with E-state index in [9.17, 15) is 14.0 Å². The van der Waals surface area contributed by atoms with Crippen molar-refractivity contribution in [2.45, 2.75) is 43.9 Å². The second-order valence-electron chi connectivity index (χ2n) is 6.80. The molecule has 1 aromatic rings. The van der Waals surface area contributed by atoms with Crippen LogP contribution in [0.3, 0.4) is 0 Å². The number of ether oxygens (including phenoxy) is 2. The van der Waals surface area contributed by atoms with E-state index in [0.29, 0.717) is 31.6 Å². The van der Waals surface area contributed by atoms with E-state index >= 15 is 0 Å². The van der Waals surface area contributed by atoms with Gasteiger partial charge in [0.05, 0.1) is 13.2 Å². The average Bonchev–Trinajstić information content (AvgIpc) is 3.01. The lowest BCUT2D eigenvalue weighted by atomic mass is 9.89. The molecule has 1 spiro atoms. The molecule has 1 N–H and O–H groups in total. The molecule has 0 bridgehead atoms. The minimum Gasteiger partial charge on any atom is -0.383 e. The molecule has 2 amide bonds. The third-order valence-corrected chi connectivity index (χ3v) is 5.11. The molecule has 7 heteroatoms. The number of carbonyl (C=O) groups excluding carboxylic acids is 2. The van der Waals surface area contributed by atoms with Crippen LogP contribution in [0.1, 0.15) is 42.5 Å². The van der Waals surface area contributed by atoms with E-state index in [1.165, 1.54) is 24.3 Å². The van der Waals surface area contributed by atoms with Crippen LogP contribution in [-0.4, -0.2) is 55.3 Å². The van der Waals surface area contributed by atoms with Gasteiger partial charge in [-0.05, 0) is 49.9 Å². The summed E-state index contributed by atoms with van der Waals surface area (Å²) in [5, 5.41) is 2.80. The highest BCUT2D eigenvalue weighted by Crippen LogP contribution is 2.41. The standard InChI is InChI=1S/C19H25FN2O4/c1-25-12-11-21-17(23)16-13-26-19(9-3-2-4-10-19)22(16)18(24)14-5-7-15(20)8-6-14/h5-8,16H,2-4,9-13H2,1H3,(H,21,23). The van der Waals surface area contributed by atoms with Crippen molar-refractivity contribution in [3.05, 3.63) is 35.6 Å². The molecule has 1 unspecified atom stereocenters. The van der Waals surface area contributed by atoms with Gasteiger partial charge in [-0.2, -0.15) is 0 Å². The molecule has 3 rings (SSSR count). The molecule has 1 aliphatic carbocycles. The summed E-state index contributed by atoms with van der Waals surface area (Å²) < 4.78 is 24.2. The molecule has 1 aliphatic heterocycles. The summed E-state index contributed by atoms with van der Waals surface area (Å²) in [6, 6.07) is 4.72. The first-order valence-electron chi connectivity index (χ1n) is 9.07.